The van der Waals surface area contributed by atoms with Crippen molar-refractivity contribution < 1.29 is 80.2 Å². The summed E-state index contributed by atoms with van der Waals surface area (Å²) in [4.78, 5) is 72.9. The zero-order chi connectivity index (χ0) is 73.2. The Balaban J connectivity index is 5.37. The van der Waals surface area contributed by atoms with Crippen molar-refractivity contribution >= 4 is 39.5 Å². The van der Waals surface area contributed by atoms with E-state index in [9.17, 15) is 43.2 Å². The van der Waals surface area contributed by atoms with Crippen LogP contribution in [-0.2, 0) is 65.4 Å². The van der Waals surface area contributed by atoms with Crippen LogP contribution in [0.2, 0.25) is 0 Å². The Labute approximate surface area is 607 Å². The van der Waals surface area contributed by atoms with Crippen LogP contribution in [0, 0.1) is 0 Å². The molecule has 19 heteroatoms. The molecular weight excluding hydrogens is 1310 g/mol. The van der Waals surface area contributed by atoms with Crippen LogP contribution in [-0.4, -0.2) is 96.7 Å². The maximum Gasteiger partial charge on any atom is 0.472 e. The predicted octanol–water partition coefficient (Wildman–Crippen LogP) is 22.8. The number of hydrogen-bond acceptors (Lipinski definition) is 15. The smallest absolute Gasteiger partial charge is 0.462 e. The highest BCUT2D eigenvalue weighted by atomic mass is 31.2. The van der Waals surface area contributed by atoms with E-state index in [4.69, 9.17) is 37.0 Å². The van der Waals surface area contributed by atoms with Gasteiger partial charge in [0.05, 0.1) is 26.4 Å². The van der Waals surface area contributed by atoms with Crippen LogP contribution in [0.25, 0.3) is 0 Å². The van der Waals surface area contributed by atoms with E-state index in [2.05, 4.69) is 125 Å². The molecule has 0 rings (SSSR count). The van der Waals surface area contributed by atoms with Crippen LogP contribution >= 0.6 is 15.6 Å². The third kappa shape index (κ3) is 72.3. The summed E-state index contributed by atoms with van der Waals surface area (Å²) in [5, 5.41) is 10.6. The Morgan fingerprint density at radius 1 is 0.290 bits per heavy atom. The predicted molar refractivity (Wildman–Crippen MR) is 409 cm³/mol. The molecule has 100 heavy (non-hydrogen) atoms. The number of esters is 4. The molecule has 0 bridgehead atoms. The molecule has 0 aromatic carbocycles. The van der Waals surface area contributed by atoms with Gasteiger partial charge in [-0.1, -0.05) is 279 Å². The molecule has 0 aromatic rings. The zero-order valence-electron chi connectivity index (χ0n) is 63.1. The second-order valence-electron chi connectivity index (χ2n) is 26.3. The van der Waals surface area contributed by atoms with Crippen molar-refractivity contribution in [3.05, 3.63) is 97.2 Å². The molecule has 3 N–H and O–H groups in total. The number of unbranched alkanes of at least 4 members (excludes halogenated alkanes) is 32. The molecule has 0 amide bonds. The van der Waals surface area contributed by atoms with Crippen molar-refractivity contribution in [2.45, 2.75) is 354 Å². The van der Waals surface area contributed by atoms with Crippen molar-refractivity contribution in [2.75, 3.05) is 39.6 Å². The van der Waals surface area contributed by atoms with E-state index in [1.165, 1.54) is 96.3 Å². The molecule has 0 saturated carbocycles. The number of rotatable bonds is 74. The van der Waals surface area contributed by atoms with Crippen LogP contribution in [0.1, 0.15) is 336 Å². The Morgan fingerprint density at radius 2 is 0.520 bits per heavy atom. The average molecular weight is 1450 g/mol. The first-order chi connectivity index (χ1) is 48.7. The monoisotopic (exact) mass is 1450 g/mol. The Bertz CT molecular complexity index is 2270. The van der Waals surface area contributed by atoms with E-state index in [-0.39, 0.29) is 25.7 Å². The molecule has 0 aromatic heterocycles. The van der Waals surface area contributed by atoms with E-state index in [1.807, 2.05) is 0 Å². The number of phosphoric acid groups is 2. The lowest BCUT2D eigenvalue weighted by molar-refractivity contribution is -0.161. The lowest BCUT2D eigenvalue weighted by atomic mass is 10.0. The van der Waals surface area contributed by atoms with Crippen LogP contribution < -0.4 is 0 Å². The van der Waals surface area contributed by atoms with Gasteiger partial charge in [-0.05, 0) is 128 Å². The second kappa shape index (κ2) is 73.3. The van der Waals surface area contributed by atoms with Gasteiger partial charge >= 0.3 is 39.5 Å². The summed E-state index contributed by atoms with van der Waals surface area (Å²) in [7, 11) is -9.96. The minimum Gasteiger partial charge on any atom is -0.462 e. The maximum atomic E-state index is 13.1. The van der Waals surface area contributed by atoms with Crippen molar-refractivity contribution in [1.82, 2.24) is 0 Å². The first kappa shape index (κ1) is 96.0. The molecule has 0 aliphatic heterocycles. The van der Waals surface area contributed by atoms with Gasteiger partial charge in [-0.3, -0.25) is 37.3 Å². The number of carbonyl (C=O) groups excluding carboxylic acids is 4. The van der Waals surface area contributed by atoms with Gasteiger partial charge < -0.3 is 33.8 Å². The maximum absolute atomic E-state index is 13.1. The number of carbonyl (C=O) groups is 4. The second-order valence-corrected chi connectivity index (χ2v) is 29.2. The Hall–Kier alpha value is -4.02. The van der Waals surface area contributed by atoms with E-state index in [0.717, 1.165) is 154 Å². The summed E-state index contributed by atoms with van der Waals surface area (Å²) < 4.78 is 68.5. The van der Waals surface area contributed by atoms with Gasteiger partial charge in [-0.15, -0.1) is 0 Å². The number of ether oxygens (including phenoxy) is 4. The highest BCUT2D eigenvalue weighted by Gasteiger charge is 2.30. The van der Waals surface area contributed by atoms with Gasteiger partial charge in [0.25, 0.3) is 0 Å². The lowest BCUT2D eigenvalue weighted by Gasteiger charge is -2.21. The highest BCUT2D eigenvalue weighted by Crippen LogP contribution is 2.45. The first-order valence-electron chi connectivity index (χ1n) is 39.5. The third-order valence-electron chi connectivity index (χ3n) is 16.5. The molecule has 0 aliphatic rings. The van der Waals surface area contributed by atoms with Crippen LogP contribution in [0.4, 0.5) is 0 Å². The van der Waals surface area contributed by atoms with E-state index < -0.39 is 97.5 Å². The van der Waals surface area contributed by atoms with Gasteiger partial charge in [0.2, 0.25) is 0 Å². The SMILES string of the molecule is CC/C=C\C/C=C\C/C=C\C/C=C\CCCCC(=O)OC(COC(=O)CCCCCCCC/C=C\C/C=C\C/C=C\CCCCC)COP(=O)(O)OCC(O)COP(=O)(O)OCC(COC(=O)CCCCCCC/C=C\CCCCCC)OC(=O)CCCCCCCCCCCCCCC. The number of aliphatic hydroxyl groups is 1. The fourth-order valence-corrected chi connectivity index (χ4v) is 12.1. The van der Waals surface area contributed by atoms with E-state index in [0.29, 0.717) is 32.1 Å². The molecule has 0 saturated heterocycles. The normalized spacial score (nSPS) is 14.4. The third-order valence-corrected chi connectivity index (χ3v) is 18.4. The van der Waals surface area contributed by atoms with Gasteiger partial charge in [0.15, 0.2) is 12.2 Å². The van der Waals surface area contributed by atoms with Crippen molar-refractivity contribution in [3.63, 3.8) is 0 Å². The fraction of sp³-hybridized carbons (Fsp3) is 0.753. The van der Waals surface area contributed by atoms with Crippen molar-refractivity contribution in [2.24, 2.45) is 0 Å². The summed E-state index contributed by atoms with van der Waals surface area (Å²) in [6.07, 6.45) is 76.8. The van der Waals surface area contributed by atoms with Crippen LogP contribution in [0.3, 0.4) is 0 Å². The largest absolute Gasteiger partial charge is 0.472 e. The summed E-state index contributed by atoms with van der Waals surface area (Å²) in [5.41, 5.74) is 0. The fourth-order valence-electron chi connectivity index (χ4n) is 10.5. The number of allylic oxidation sites excluding steroid dienone is 16. The average Bonchev–Trinajstić information content (AvgIpc) is 0.946. The topological polar surface area (TPSA) is 237 Å². The minimum absolute atomic E-state index is 0.0396. The molecule has 578 valence electrons. The summed E-state index contributed by atoms with van der Waals surface area (Å²) >= 11 is 0. The molecule has 5 unspecified atom stereocenters. The van der Waals surface area contributed by atoms with E-state index in [1.54, 1.807) is 0 Å². The number of aliphatic hydroxyl groups excluding tert-OH is 1. The molecule has 0 radical (unpaired) electrons. The number of hydrogen-bond donors (Lipinski definition) is 3. The Kier molecular flexibility index (Phi) is 70.4. The quantitative estimate of drug-likeness (QED) is 0.0169. The highest BCUT2D eigenvalue weighted by molar-refractivity contribution is 7.47. The molecule has 17 nitrogen and oxygen atoms in total. The van der Waals surface area contributed by atoms with E-state index >= 15 is 0 Å². The van der Waals surface area contributed by atoms with Gasteiger partial charge in [0, 0.05) is 25.7 Å². The summed E-state index contributed by atoms with van der Waals surface area (Å²) in [6, 6.07) is 0. The standard InChI is InChI=1S/C81H142O17P2/c1-5-9-13-17-21-25-29-33-35-36-37-38-40-43-46-50-54-58-62-66-79(84)92-72-77(98-81(86)68-64-60-56-52-48-44-39-34-30-26-22-18-14-10-6-2)74-96-100(89,90)94-70-75(82)69-93-99(87,88)95-73-76(97-80(85)67-63-59-55-51-47-42-32-28-24-20-16-12-8-4)71-91-78(83)65-61-57-53-49-45-41-31-27-23-19-15-11-7-3/h10,14,21-22,25-27,31,33-35,37-39,48,52,75-77,82H,5-9,11-13,15-20,23-24,28-30,32,36,40-47,49-51,53-74H2,1-4H3,(H,87,88)(H,89,90)/b14-10-,25-21-,26-22-,31-27-,35-33-,38-37-,39-34-,52-48-. The molecule has 0 aliphatic carbocycles. The van der Waals surface area contributed by atoms with Gasteiger partial charge in [-0.2, -0.15) is 0 Å². The molecular formula is C81H142O17P2. The Morgan fingerprint density at radius 3 is 0.860 bits per heavy atom. The molecule has 0 fully saturated rings. The number of phosphoric ester groups is 2. The first-order valence-corrected chi connectivity index (χ1v) is 42.5. The van der Waals surface area contributed by atoms with Crippen LogP contribution in [0.5, 0.6) is 0 Å². The summed E-state index contributed by atoms with van der Waals surface area (Å²) in [5.74, 6) is -2.23. The molecule has 5 atom stereocenters. The van der Waals surface area contributed by atoms with Crippen molar-refractivity contribution in [3.8, 4) is 0 Å². The molecule has 0 spiro atoms. The summed E-state index contributed by atoms with van der Waals surface area (Å²) in [6.45, 7) is 4.68. The van der Waals surface area contributed by atoms with Gasteiger partial charge in [-0.25, -0.2) is 9.13 Å². The van der Waals surface area contributed by atoms with Gasteiger partial charge in [0.1, 0.15) is 19.3 Å². The van der Waals surface area contributed by atoms with Crippen LogP contribution in [0.15, 0.2) is 97.2 Å². The molecule has 0 heterocycles. The minimum atomic E-state index is -4.99. The van der Waals surface area contributed by atoms with Crippen molar-refractivity contribution in [1.29, 1.82) is 0 Å². The lowest BCUT2D eigenvalue weighted by Crippen LogP contribution is -2.30. The zero-order valence-corrected chi connectivity index (χ0v) is 64.9.